The van der Waals surface area contributed by atoms with Crippen molar-refractivity contribution >= 4 is 29.5 Å². The van der Waals surface area contributed by atoms with Gasteiger partial charge in [0.2, 0.25) is 0 Å². The second-order valence-corrected chi connectivity index (χ2v) is 7.55. The molecule has 3 rings (SSSR count). The Morgan fingerprint density at radius 3 is 2.39 bits per heavy atom. The number of methoxy groups -OCH3 is 1. The molecule has 0 radical (unpaired) electrons. The maximum atomic E-state index is 12.8. The van der Waals surface area contributed by atoms with Gasteiger partial charge >= 0.3 is 0 Å². The lowest BCUT2D eigenvalue weighted by Crippen LogP contribution is -2.35. The van der Waals surface area contributed by atoms with Crippen molar-refractivity contribution in [2.45, 2.75) is 6.42 Å². The average molecular weight is 465 g/mol. The van der Waals surface area contributed by atoms with Crippen LogP contribution in [0.5, 0.6) is 11.5 Å². The zero-order chi connectivity index (χ0) is 23.5. The van der Waals surface area contributed by atoms with Crippen LogP contribution in [0.1, 0.15) is 22.3 Å². The Balaban J connectivity index is 1.81. The quantitative estimate of drug-likeness (QED) is 0.325. The lowest BCUT2D eigenvalue weighted by Gasteiger charge is -2.12. The van der Waals surface area contributed by atoms with E-state index in [-0.39, 0.29) is 5.70 Å². The molecule has 3 aromatic rings. The molecule has 0 aliphatic carbocycles. The number of hydrogen-bond acceptors (Lipinski definition) is 4. The van der Waals surface area contributed by atoms with Gasteiger partial charge in [0.25, 0.3) is 11.8 Å². The van der Waals surface area contributed by atoms with Crippen LogP contribution in [0.25, 0.3) is 6.08 Å². The van der Waals surface area contributed by atoms with Gasteiger partial charge in [-0.05, 0) is 66.6 Å². The smallest absolute Gasteiger partial charge is 0.267 e. The standard InChI is InChI=1S/C26H25ClN2O4/c1-32-16-6-15-28-26(31)24(29-25(30)20-11-13-21(27)14-12-20)18-19-7-5-10-23(17-19)33-22-8-3-2-4-9-22/h2-5,7-14,17-18H,6,15-16H2,1H3,(H,28,31)(H,29,30)/b24-18+. The van der Waals surface area contributed by atoms with Crippen LogP contribution < -0.4 is 15.4 Å². The number of amides is 2. The Labute approximate surface area is 198 Å². The summed E-state index contributed by atoms with van der Waals surface area (Å²) < 4.78 is 10.9. The highest BCUT2D eigenvalue weighted by Gasteiger charge is 2.15. The topological polar surface area (TPSA) is 76.7 Å². The molecule has 0 saturated carbocycles. The first-order valence-electron chi connectivity index (χ1n) is 10.4. The predicted molar refractivity (Wildman–Crippen MR) is 129 cm³/mol. The van der Waals surface area contributed by atoms with Crippen molar-refractivity contribution in [2.24, 2.45) is 0 Å². The lowest BCUT2D eigenvalue weighted by atomic mass is 10.1. The van der Waals surface area contributed by atoms with Crippen LogP contribution in [0.3, 0.4) is 0 Å². The second kappa shape index (κ2) is 12.4. The lowest BCUT2D eigenvalue weighted by molar-refractivity contribution is -0.117. The van der Waals surface area contributed by atoms with Gasteiger partial charge in [0, 0.05) is 30.8 Å². The minimum Gasteiger partial charge on any atom is -0.457 e. The molecule has 0 aromatic heterocycles. The summed E-state index contributed by atoms with van der Waals surface area (Å²) in [6.45, 7) is 0.938. The third kappa shape index (κ3) is 7.79. The fraction of sp³-hybridized carbons (Fsp3) is 0.154. The van der Waals surface area contributed by atoms with Gasteiger partial charge in [0.15, 0.2) is 0 Å². The zero-order valence-corrected chi connectivity index (χ0v) is 19.0. The van der Waals surface area contributed by atoms with E-state index in [9.17, 15) is 9.59 Å². The molecule has 33 heavy (non-hydrogen) atoms. The summed E-state index contributed by atoms with van der Waals surface area (Å²) >= 11 is 5.91. The van der Waals surface area contributed by atoms with Crippen molar-refractivity contribution in [1.82, 2.24) is 10.6 Å². The van der Waals surface area contributed by atoms with Crippen molar-refractivity contribution in [2.75, 3.05) is 20.3 Å². The van der Waals surface area contributed by atoms with E-state index in [0.717, 1.165) is 0 Å². The van der Waals surface area contributed by atoms with Gasteiger partial charge in [-0.15, -0.1) is 0 Å². The summed E-state index contributed by atoms with van der Waals surface area (Å²) in [5, 5.41) is 6.03. The number of halogens is 1. The van der Waals surface area contributed by atoms with E-state index in [4.69, 9.17) is 21.1 Å². The van der Waals surface area contributed by atoms with E-state index in [1.165, 1.54) is 0 Å². The minimum absolute atomic E-state index is 0.115. The maximum Gasteiger partial charge on any atom is 0.267 e. The summed E-state index contributed by atoms with van der Waals surface area (Å²) in [7, 11) is 1.60. The predicted octanol–water partition coefficient (Wildman–Crippen LogP) is 5.06. The van der Waals surface area contributed by atoms with Crippen LogP contribution in [0.4, 0.5) is 0 Å². The van der Waals surface area contributed by atoms with Crippen molar-refractivity contribution in [3.63, 3.8) is 0 Å². The first-order chi connectivity index (χ1) is 16.0. The number of carbonyl (C=O) groups is 2. The van der Waals surface area contributed by atoms with Crippen LogP contribution in [0, 0.1) is 0 Å². The van der Waals surface area contributed by atoms with E-state index in [2.05, 4.69) is 10.6 Å². The Morgan fingerprint density at radius 2 is 1.67 bits per heavy atom. The van der Waals surface area contributed by atoms with Gasteiger partial charge in [0.1, 0.15) is 17.2 Å². The Morgan fingerprint density at radius 1 is 0.939 bits per heavy atom. The normalized spacial score (nSPS) is 11.0. The minimum atomic E-state index is -0.415. The van der Waals surface area contributed by atoms with Gasteiger partial charge in [-0.25, -0.2) is 0 Å². The molecular weight excluding hydrogens is 440 g/mol. The van der Waals surface area contributed by atoms with E-state index in [1.54, 1.807) is 43.5 Å². The Bertz CT molecular complexity index is 1100. The summed E-state index contributed by atoms with van der Waals surface area (Å²) in [6.07, 6.45) is 2.26. The number of ether oxygens (including phenoxy) is 2. The third-order valence-electron chi connectivity index (χ3n) is 4.56. The summed E-state index contributed by atoms with van der Waals surface area (Å²) in [5.41, 5.74) is 1.20. The van der Waals surface area contributed by atoms with E-state index >= 15 is 0 Å². The Hall–Kier alpha value is -3.61. The fourth-order valence-corrected chi connectivity index (χ4v) is 3.05. The van der Waals surface area contributed by atoms with E-state index < -0.39 is 11.8 Å². The van der Waals surface area contributed by atoms with Crippen LogP contribution in [0.2, 0.25) is 5.02 Å². The monoisotopic (exact) mass is 464 g/mol. The van der Waals surface area contributed by atoms with Crippen LogP contribution >= 0.6 is 11.6 Å². The Kier molecular flexibility index (Phi) is 9.06. The molecule has 0 heterocycles. The molecule has 3 aromatic carbocycles. The first kappa shape index (κ1) is 24.0. The fourth-order valence-electron chi connectivity index (χ4n) is 2.93. The molecule has 0 atom stereocenters. The number of benzene rings is 3. The second-order valence-electron chi connectivity index (χ2n) is 7.11. The van der Waals surface area contributed by atoms with Gasteiger partial charge in [-0.1, -0.05) is 41.9 Å². The largest absolute Gasteiger partial charge is 0.457 e. The summed E-state index contributed by atoms with van der Waals surface area (Å²) in [6, 6.07) is 23.1. The van der Waals surface area contributed by atoms with Gasteiger partial charge in [-0.2, -0.15) is 0 Å². The number of nitrogens with one attached hydrogen (secondary N) is 2. The molecule has 2 amide bonds. The van der Waals surface area contributed by atoms with Gasteiger partial charge in [0.05, 0.1) is 0 Å². The zero-order valence-electron chi connectivity index (χ0n) is 18.2. The molecule has 6 nitrogen and oxygen atoms in total. The highest BCUT2D eigenvalue weighted by Crippen LogP contribution is 2.22. The SMILES string of the molecule is COCCCNC(=O)/C(=C\c1cccc(Oc2ccccc2)c1)NC(=O)c1ccc(Cl)cc1. The number of para-hydroxylation sites is 1. The van der Waals surface area contributed by atoms with Crippen molar-refractivity contribution < 1.29 is 19.1 Å². The number of hydrogen-bond donors (Lipinski definition) is 2. The summed E-state index contributed by atoms with van der Waals surface area (Å²) in [4.78, 5) is 25.5. The summed E-state index contributed by atoms with van der Waals surface area (Å²) in [5.74, 6) is 0.494. The molecule has 7 heteroatoms. The van der Waals surface area contributed by atoms with Crippen molar-refractivity contribution in [3.8, 4) is 11.5 Å². The van der Waals surface area contributed by atoms with E-state index in [0.29, 0.717) is 47.2 Å². The first-order valence-corrected chi connectivity index (χ1v) is 10.8. The molecule has 0 spiro atoms. The number of carbonyl (C=O) groups excluding carboxylic acids is 2. The number of rotatable bonds is 10. The van der Waals surface area contributed by atoms with Gasteiger partial charge < -0.3 is 20.1 Å². The van der Waals surface area contributed by atoms with Crippen LogP contribution in [0.15, 0.2) is 84.6 Å². The third-order valence-corrected chi connectivity index (χ3v) is 4.81. The van der Waals surface area contributed by atoms with Gasteiger partial charge in [-0.3, -0.25) is 9.59 Å². The highest BCUT2D eigenvalue weighted by molar-refractivity contribution is 6.30. The highest BCUT2D eigenvalue weighted by atomic mass is 35.5. The molecule has 0 aliphatic heterocycles. The molecule has 0 saturated heterocycles. The molecule has 2 N–H and O–H groups in total. The maximum absolute atomic E-state index is 12.8. The molecule has 0 aliphatic rings. The average Bonchev–Trinajstić information content (AvgIpc) is 2.82. The van der Waals surface area contributed by atoms with Crippen LogP contribution in [-0.4, -0.2) is 32.1 Å². The molecule has 0 unspecified atom stereocenters. The molecule has 0 bridgehead atoms. The molecular formula is C26H25ClN2O4. The van der Waals surface area contributed by atoms with Crippen LogP contribution in [-0.2, 0) is 9.53 Å². The van der Waals surface area contributed by atoms with Crippen molar-refractivity contribution in [1.29, 1.82) is 0 Å². The van der Waals surface area contributed by atoms with Crippen molar-refractivity contribution in [3.05, 3.63) is 101 Å². The molecule has 170 valence electrons. The molecule has 0 fully saturated rings. The van der Waals surface area contributed by atoms with E-state index in [1.807, 2.05) is 48.5 Å².